The summed E-state index contributed by atoms with van der Waals surface area (Å²) in [5.41, 5.74) is 5.41. The highest BCUT2D eigenvalue weighted by atomic mass is 19.1. The Hall–Kier alpha value is -2.11. The average Bonchev–Trinajstić information content (AvgIpc) is 2.23. The van der Waals surface area contributed by atoms with E-state index in [9.17, 15) is 14.0 Å². The van der Waals surface area contributed by atoms with E-state index in [1.807, 2.05) is 20.8 Å². The fourth-order valence-electron chi connectivity index (χ4n) is 1.70. The molecule has 0 saturated heterocycles. The standard InChI is InChI=1S/C14H20FN3O2/c1-14(2,3)17-12(19)8-18(4)13(20)9-5-10(15)7-11(16)6-9/h5-7H,8,16H2,1-4H3,(H,17,19). The first-order chi connectivity index (χ1) is 9.08. The van der Waals surface area contributed by atoms with E-state index < -0.39 is 11.7 Å². The van der Waals surface area contributed by atoms with Crippen molar-refractivity contribution in [2.24, 2.45) is 0 Å². The van der Waals surface area contributed by atoms with Crippen LogP contribution in [0.25, 0.3) is 0 Å². The highest BCUT2D eigenvalue weighted by molar-refractivity contribution is 5.97. The molecule has 20 heavy (non-hydrogen) atoms. The lowest BCUT2D eigenvalue weighted by Gasteiger charge is -2.23. The van der Waals surface area contributed by atoms with E-state index in [1.165, 1.54) is 18.0 Å². The van der Waals surface area contributed by atoms with Gasteiger partial charge in [-0.05, 0) is 39.0 Å². The van der Waals surface area contributed by atoms with Crippen LogP contribution in [0, 0.1) is 5.82 Å². The maximum absolute atomic E-state index is 13.2. The second kappa shape index (κ2) is 5.90. The number of hydrogen-bond donors (Lipinski definition) is 2. The third-order valence-corrected chi connectivity index (χ3v) is 2.41. The van der Waals surface area contributed by atoms with Gasteiger partial charge in [-0.1, -0.05) is 0 Å². The number of amides is 2. The molecular weight excluding hydrogens is 261 g/mol. The lowest BCUT2D eigenvalue weighted by molar-refractivity contribution is -0.122. The van der Waals surface area contributed by atoms with Gasteiger partial charge in [-0.3, -0.25) is 9.59 Å². The van der Waals surface area contributed by atoms with Gasteiger partial charge in [0, 0.05) is 23.8 Å². The van der Waals surface area contributed by atoms with Crippen molar-refractivity contribution in [3.63, 3.8) is 0 Å². The van der Waals surface area contributed by atoms with Gasteiger partial charge in [-0.25, -0.2) is 4.39 Å². The zero-order valence-corrected chi connectivity index (χ0v) is 12.2. The molecule has 6 heteroatoms. The smallest absolute Gasteiger partial charge is 0.254 e. The third-order valence-electron chi connectivity index (χ3n) is 2.41. The van der Waals surface area contributed by atoms with E-state index in [1.54, 1.807) is 0 Å². The largest absolute Gasteiger partial charge is 0.399 e. The van der Waals surface area contributed by atoms with Crippen molar-refractivity contribution < 1.29 is 14.0 Å². The first-order valence-corrected chi connectivity index (χ1v) is 6.21. The van der Waals surface area contributed by atoms with Crippen LogP contribution in [0.15, 0.2) is 18.2 Å². The number of rotatable bonds is 3. The average molecular weight is 281 g/mol. The summed E-state index contributed by atoms with van der Waals surface area (Å²) in [7, 11) is 1.48. The first-order valence-electron chi connectivity index (χ1n) is 6.21. The Bertz CT molecular complexity index is 503. The fraction of sp³-hybridized carbons (Fsp3) is 0.429. The molecule has 5 nitrogen and oxygen atoms in total. The number of carbonyl (C=O) groups is 2. The van der Waals surface area contributed by atoms with Gasteiger partial charge >= 0.3 is 0 Å². The molecule has 0 aliphatic rings. The first kappa shape index (κ1) is 15.9. The minimum Gasteiger partial charge on any atom is -0.399 e. The monoisotopic (exact) mass is 281 g/mol. The predicted molar refractivity (Wildman–Crippen MR) is 75.7 cm³/mol. The van der Waals surface area contributed by atoms with E-state index >= 15 is 0 Å². The Labute approximate surface area is 117 Å². The number of halogens is 1. The Kier molecular flexibility index (Phi) is 4.70. The second-order valence-electron chi connectivity index (χ2n) is 5.73. The highest BCUT2D eigenvalue weighted by Gasteiger charge is 2.19. The molecule has 1 aromatic rings. The lowest BCUT2D eigenvalue weighted by atomic mass is 10.1. The van der Waals surface area contributed by atoms with E-state index in [4.69, 9.17) is 5.73 Å². The molecule has 0 saturated carbocycles. The minimum absolute atomic E-state index is 0.105. The molecule has 0 aliphatic heterocycles. The molecule has 2 amide bonds. The van der Waals surface area contributed by atoms with E-state index in [2.05, 4.69) is 5.32 Å². The summed E-state index contributed by atoms with van der Waals surface area (Å²) in [6, 6.07) is 3.60. The number of likely N-dealkylation sites (N-methyl/N-ethyl adjacent to an activating group) is 1. The number of nitrogens with zero attached hydrogens (tertiary/aromatic N) is 1. The van der Waals surface area contributed by atoms with Crippen LogP contribution in [0.5, 0.6) is 0 Å². The van der Waals surface area contributed by atoms with Gasteiger partial charge in [0.05, 0.1) is 6.54 Å². The van der Waals surface area contributed by atoms with Crippen LogP contribution in [0.4, 0.5) is 10.1 Å². The maximum atomic E-state index is 13.2. The molecule has 0 bridgehead atoms. The van der Waals surface area contributed by atoms with Crippen LogP contribution in [-0.4, -0.2) is 35.8 Å². The molecule has 110 valence electrons. The summed E-state index contributed by atoms with van der Waals surface area (Å²) >= 11 is 0. The second-order valence-corrected chi connectivity index (χ2v) is 5.73. The molecule has 0 unspecified atom stereocenters. The highest BCUT2D eigenvalue weighted by Crippen LogP contribution is 2.12. The molecule has 0 fully saturated rings. The van der Waals surface area contributed by atoms with E-state index in [0.29, 0.717) is 0 Å². The van der Waals surface area contributed by atoms with Crippen LogP contribution in [0.1, 0.15) is 31.1 Å². The molecule has 3 N–H and O–H groups in total. The Morgan fingerprint density at radius 3 is 2.40 bits per heavy atom. The summed E-state index contributed by atoms with van der Waals surface area (Å²) in [6.07, 6.45) is 0. The quantitative estimate of drug-likeness (QED) is 0.822. The van der Waals surface area contributed by atoms with Crippen molar-refractivity contribution >= 4 is 17.5 Å². The summed E-state index contributed by atoms with van der Waals surface area (Å²) < 4.78 is 13.2. The van der Waals surface area contributed by atoms with Gasteiger partial charge in [0.2, 0.25) is 5.91 Å². The predicted octanol–water partition coefficient (Wildman–Crippen LogP) is 1.39. The summed E-state index contributed by atoms with van der Waals surface area (Å²) in [5, 5.41) is 2.75. The van der Waals surface area contributed by atoms with Crippen LogP contribution in [0.3, 0.4) is 0 Å². The van der Waals surface area contributed by atoms with Gasteiger partial charge in [0.25, 0.3) is 5.91 Å². The normalized spacial score (nSPS) is 11.1. The zero-order valence-electron chi connectivity index (χ0n) is 12.2. The van der Waals surface area contributed by atoms with E-state index in [0.717, 1.165) is 12.1 Å². The van der Waals surface area contributed by atoms with Crippen LogP contribution in [-0.2, 0) is 4.79 Å². The minimum atomic E-state index is -0.583. The molecule has 0 aliphatic carbocycles. The lowest BCUT2D eigenvalue weighted by Crippen LogP contribution is -2.46. The summed E-state index contributed by atoms with van der Waals surface area (Å²) in [4.78, 5) is 25.0. The summed E-state index contributed by atoms with van der Waals surface area (Å²) in [5.74, 6) is -1.32. The number of nitrogens with one attached hydrogen (secondary N) is 1. The van der Waals surface area contributed by atoms with Gasteiger partial charge in [0.15, 0.2) is 0 Å². The van der Waals surface area contributed by atoms with Crippen molar-refractivity contribution in [3.05, 3.63) is 29.6 Å². The number of hydrogen-bond acceptors (Lipinski definition) is 3. The molecule has 0 heterocycles. The molecule has 1 aromatic carbocycles. The summed E-state index contributed by atoms with van der Waals surface area (Å²) in [6.45, 7) is 5.44. The van der Waals surface area contributed by atoms with Gasteiger partial charge in [-0.15, -0.1) is 0 Å². The number of carbonyl (C=O) groups excluding carboxylic acids is 2. The van der Waals surface area contributed by atoms with E-state index in [-0.39, 0.29) is 29.2 Å². The van der Waals surface area contributed by atoms with Crippen molar-refractivity contribution in [2.75, 3.05) is 19.3 Å². The van der Waals surface area contributed by atoms with Gasteiger partial charge < -0.3 is 16.0 Å². The van der Waals surface area contributed by atoms with Gasteiger partial charge in [-0.2, -0.15) is 0 Å². The Balaban J connectivity index is 2.74. The van der Waals surface area contributed by atoms with Crippen molar-refractivity contribution in [1.29, 1.82) is 0 Å². The molecule has 0 aromatic heterocycles. The Morgan fingerprint density at radius 2 is 1.90 bits per heavy atom. The molecule has 0 radical (unpaired) electrons. The number of nitrogen functional groups attached to an aromatic ring is 1. The molecule has 1 rings (SSSR count). The van der Waals surface area contributed by atoms with Gasteiger partial charge in [0.1, 0.15) is 5.82 Å². The van der Waals surface area contributed by atoms with Crippen molar-refractivity contribution in [1.82, 2.24) is 10.2 Å². The Morgan fingerprint density at radius 1 is 1.30 bits per heavy atom. The fourth-order valence-corrected chi connectivity index (χ4v) is 1.70. The number of benzene rings is 1. The van der Waals surface area contributed by atoms with Crippen LogP contribution < -0.4 is 11.1 Å². The number of nitrogens with two attached hydrogens (primary N) is 1. The van der Waals surface area contributed by atoms with Crippen LogP contribution in [0.2, 0.25) is 0 Å². The maximum Gasteiger partial charge on any atom is 0.254 e. The molecule has 0 spiro atoms. The third kappa shape index (κ3) is 4.87. The SMILES string of the molecule is CN(CC(=O)NC(C)(C)C)C(=O)c1cc(N)cc(F)c1. The number of anilines is 1. The van der Waals surface area contributed by atoms with Crippen molar-refractivity contribution in [3.8, 4) is 0 Å². The van der Waals surface area contributed by atoms with Crippen LogP contribution >= 0.6 is 0 Å². The van der Waals surface area contributed by atoms with Crippen molar-refractivity contribution in [2.45, 2.75) is 26.3 Å². The molecular formula is C14H20FN3O2. The zero-order chi connectivity index (χ0) is 15.5. The topological polar surface area (TPSA) is 75.4 Å². The molecule has 0 atom stereocenters.